The normalized spacial score (nSPS) is 33.4. The van der Waals surface area contributed by atoms with Crippen molar-refractivity contribution < 1.29 is 24.3 Å². The number of hydrogen-bond acceptors (Lipinski definition) is 6. The summed E-state index contributed by atoms with van der Waals surface area (Å²) in [5, 5.41) is 15.3. The second-order valence-corrected chi connectivity index (χ2v) is 14.9. The van der Waals surface area contributed by atoms with Crippen molar-refractivity contribution in [1.29, 1.82) is 0 Å². The van der Waals surface area contributed by atoms with Crippen LogP contribution in [0.3, 0.4) is 0 Å². The van der Waals surface area contributed by atoms with Crippen LogP contribution < -0.4 is 10.6 Å². The average molecular weight is 621 g/mol. The zero-order valence-corrected chi connectivity index (χ0v) is 29.6. The quantitative estimate of drug-likeness (QED) is 0.293. The van der Waals surface area contributed by atoms with Crippen molar-refractivity contribution in [2.45, 2.75) is 150 Å². The molecule has 1 amide bonds. The number of rotatable bonds is 6. The summed E-state index contributed by atoms with van der Waals surface area (Å²) < 4.78 is 0. The Morgan fingerprint density at radius 1 is 0.568 bits per heavy atom. The Kier molecular flexibility index (Phi) is 19.5. The Hall–Kier alpha value is -1.60. The van der Waals surface area contributed by atoms with E-state index in [1.807, 2.05) is 7.05 Å². The van der Waals surface area contributed by atoms with Gasteiger partial charge in [-0.05, 0) is 109 Å². The number of ketones is 3. The lowest BCUT2D eigenvalue weighted by molar-refractivity contribution is -0.143. The van der Waals surface area contributed by atoms with Gasteiger partial charge in [0.05, 0.1) is 6.54 Å². The predicted octanol–water partition coefficient (Wildman–Crippen LogP) is 7.08. The fraction of sp³-hybridized carbons (Fsp3) is 0.892. The molecule has 4 fully saturated rings. The van der Waals surface area contributed by atoms with Gasteiger partial charge in [0, 0.05) is 24.8 Å². The van der Waals surface area contributed by atoms with Gasteiger partial charge in [0.1, 0.15) is 23.0 Å². The van der Waals surface area contributed by atoms with Gasteiger partial charge in [0.15, 0.2) is 0 Å². The lowest BCUT2D eigenvalue weighted by Gasteiger charge is -2.32. The van der Waals surface area contributed by atoms with Crippen LogP contribution in [-0.4, -0.2) is 54.6 Å². The highest BCUT2D eigenvalue weighted by Gasteiger charge is 2.38. The monoisotopic (exact) mass is 621 g/mol. The Labute approximate surface area is 269 Å². The molecule has 3 N–H and O–H groups in total. The van der Waals surface area contributed by atoms with E-state index in [1.165, 1.54) is 38.5 Å². The van der Waals surface area contributed by atoms with E-state index >= 15 is 0 Å². The standard InChI is InChI=1S/C10H19NO.C9H17NO2.2C9H16O/c1-8-3-5-9(6-4-8)10(12)7-11-2;1-7-3-5-9(12,6-4-7)8(11)10-2;2*1-7-3-5-9(6-4-7)8(2)10/h8-9,11H,3-7H2,1-2H3;7,12H,3-6H2,1-2H3,(H,10,11);2*7,9H,3-6H2,1-2H3. The summed E-state index contributed by atoms with van der Waals surface area (Å²) in [6, 6.07) is 0. The van der Waals surface area contributed by atoms with Crippen LogP contribution >= 0.6 is 0 Å². The minimum atomic E-state index is -1.08. The maximum absolute atomic E-state index is 11.4. The van der Waals surface area contributed by atoms with Gasteiger partial charge < -0.3 is 15.7 Å². The van der Waals surface area contributed by atoms with E-state index in [0.29, 0.717) is 60.4 Å². The average Bonchev–Trinajstić information content (AvgIpc) is 3.00. The molecule has 0 aliphatic heterocycles. The van der Waals surface area contributed by atoms with Crippen LogP contribution in [0.5, 0.6) is 0 Å². The third-order valence-electron chi connectivity index (χ3n) is 10.8. The summed E-state index contributed by atoms with van der Waals surface area (Å²) in [6.07, 6.45) is 17.4. The summed E-state index contributed by atoms with van der Waals surface area (Å²) in [6.45, 7) is 13.0. The Morgan fingerprint density at radius 2 is 0.886 bits per heavy atom. The third-order valence-corrected chi connectivity index (χ3v) is 10.8. The van der Waals surface area contributed by atoms with Crippen LogP contribution in [0.2, 0.25) is 0 Å². The second-order valence-electron chi connectivity index (χ2n) is 14.9. The summed E-state index contributed by atoms with van der Waals surface area (Å²) in [5.74, 6) is 5.32. The van der Waals surface area contributed by atoms with Crippen molar-refractivity contribution in [3.63, 3.8) is 0 Å². The molecule has 0 aromatic heterocycles. The molecule has 7 nitrogen and oxygen atoms in total. The number of Topliss-reactive ketones (excluding diaryl/α,β-unsaturated/α-hetero) is 3. The fourth-order valence-corrected chi connectivity index (χ4v) is 6.93. The van der Waals surface area contributed by atoms with Crippen LogP contribution in [0.4, 0.5) is 0 Å². The van der Waals surface area contributed by atoms with Crippen molar-refractivity contribution in [2.24, 2.45) is 41.4 Å². The predicted molar refractivity (Wildman–Crippen MR) is 180 cm³/mol. The van der Waals surface area contributed by atoms with Gasteiger partial charge in [-0.25, -0.2) is 0 Å². The van der Waals surface area contributed by atoms with E-state index in [-0.39, 0.29) is 5.91 Å². The molecule has 0 spiro atoms. The van der Waals surface area contributed by atoms with Gasteiger partial charge in [-0.2, -0.15) is 0 Å². The summed E-state index contributed by atoms with van der Waals surface area (Å²) >= 11 is 0. The van der Waals surface area contributed by atoms with Gasteiger partial charge in [0.2, 0.25) is 0 Å². The summed E-state index contributed by atoms with van der Waals surface area (Å²) in [5.41, 5.74) is -1.08. The SMILES string of the molecule is CC(=O)C1CCC(C)CC1.CC(=O)C1CCC(C)CC1.CNC(=O)C1(O)CCC(C)CC1.CNCC(=O)C1CCC(C)CC1. The number of carbonyl (C=O) groups is 4. The second kappa shape index (κ2) is 21.2. The maximum atomic E-state index is 11.4. The first-order chi connectivity index (χ1) is 20.7. The molecule has 0 atom stereocenters. The van der Waals surface area contributed by atoms with E-state index in [2.05, 4.69) is 38.3 Å². The zero-order chi connectivity index (χ0) is 33.3. The topological polar surface area (TPSA) is 113 Å². The van der Waals surface area contributed by atoms with Crippen molar-refractivity contribution in [3.8, 4) is 0 Å². The first-order valence-corrected chi connectivity index (χ1v) is 17.8. The van der Waals surface area contributed by atoms with Crippen molar-refractivity contribution in [1.82, 2.24) is 10.6 Å². The van der Waals surface area contributed by atoms with Crippen LogP contribution in [0.25, 0.3) is 0 Å². The molecular weight excluding hydrogens is 552 g/mol. The smallest absolute Gasteiger partial charge is 0.251 e. The molecule has 0 heterocycles. The van der Waals surface area contributed by atoms with Crippen molar-refractivity contribution >= 4 is 23.3 Å². The minimum absolute atomic E-state index is 0.227. The molecule has 0 radical (unpaired) electrons. The summed E-state index contributed by atoms with van der Waals surface area (Å²) in [4.78, 5) is 44.5. The molecule has 4 rings (SSSR count). The van der Waals surface area contributed by atoms with E-state index in [4.69, 9.17) is 0 Å². The Bertz CT molecular complexity index is 810. The molecule has 0 unspecified atom stereocenters. The molecule has 256 valence electrons. The molecule has 0 bridgehead atoms. The van der Waals surface area contributed by atoms with Gasteiger partial charge in [-0.3, -0.25) is 19.2 Å². The van der Waals surface area contributed by atoms with E-state index < -0.39 is 5.60 Å². The Morgan fingerprint density at radius 3 is 1.18 bits per heavy atom. The number of nitrogens with one attached hydrogen (secondary N) is 2. The maximum Gasteiger partial charge on any atom is 0.251 e. The first kappa shape index (κ1) is 40.4. The number of likely N-dealkylation sites (N-methyl/N-ethyl adjacent to an activating group) is 2. The van der Waals surface area contributed by atoms with Crippen molar-refractivity contribution in [3.05, 3.63) is 0 Å². The van der Waals surface area contributed by atoms with E-state index in [1.54, 1.807) is 20.9 Å². The van der Waals surface area contributed by atoms with Crippen LogP contribution in [-0.2, 0) is 19.2 Å². The van der Waals surface area contributed by atoms with Gasteiger partial charge in [0.25, 0.3) is 5.91 Å². The first-order valence-electron chi connectivity index (χ1n) is 17.8. The van der Waals surface area contributed by atoms with Crippen LogP contribution in [0, 0.1) is 41.4 Å². The molecule has 0 aromatic carbocycles. The van der Waals surface area contributed by atoms with E-state index in [0.717, 1.165) is 69.1 Å². The molecule has 4 saturated carbocycles. The van der Waals surface area contributed by atoms with Gasteiger partial charge in [-0.1, -0.05) is 66.2 Å². The molecule has 4 aliphatic carbocycles. The molecule has 0 saturated heterocycles. The molecule has 44 heavy (non-hydrogen) atoms. The van der Waals surface area contributed by atoms with Crippen molar-refractivity contribution in [2.75, 3.05) is 20.6 Å². The van der Waals surface area contributed by atoms with Crippen LogP contribution in [0.15, 0.2) is 0 Å². The highest BCUT2D eigenvalue weighted by molar-refractivity contribution is 5.84. The largest absolute Gasteiger partial charge is 0.380 e. The molecule has 7 heteroatoms. The zero-order valence-electron chi connectivity index (χ0n) is 29.6. The molecule has 4 aliphatic rings. The lowest BCUT2D eigenvalue weighted by Crippen LogP contribution is -2.47. The van der Waals surface area contributed by atoms with E-state index in [9.17, 15) is 24.3 Å². The lowest BCUT2D eigenvalue weighted by atomic mass is 9.79. The number of aliphatic hydroxyl groups is 1. The minimum Gasteiger partial charge on any atom is -0.380 e. The fourth-order valence-electron chi connectivity index (χ4n) is 6.93. The summed E-state index contributed by atoms with van der Waals surface area (Å²) in [7, 11) is 3.40. The van der Waals surface area contributed by atoms with Gasteiger partial charge in [-0.15, -0.1) is 0 Å². The number of hydrogen-bond donors (Lipinski definition) is 3. The van der Waals surface area contributed by atoms with Gasteiger partial charge >= 0.3 is 0 Å². The highest BCUT2D eigenvalue weighted by Crippen LogP contribution is 2.32. The number of amides is 1. The molecule has 0 aromatic rings. The molecular formula is C37H68N2O5. The third kappa shape index (κ3) is 15.6. The Balaban J connectivity index is 0.000000294. The van der Waals surface area contributed by atoms with Crippen LogP contribution in [0.1, 0.15) is 144 Å². The number of carbonyl (C=O) groups excluding carboxylic acids is 4. The highest BCUT2D eigenvalue weighted by atomic mass is 16.3.